The van der Waals surface area contributed by atoms with Gasteiger partial charge in [-0.3, -0.25) is 10.3 Å². The van der Waals surface area contributed by atoms with Crippen LogP contribution >= 0.6 is 0 Å². The second kappa shape index (κ2) is 9.49. The number of alkyl halides is 6. The van der Waals surface area contributed by atoms with Crippen LogP contribution in [-0.2, 0) is 10.3 Å². The highest BCUT2D eigenvalue weighted by molar-refractivity contribution is 5.90. The highest BCUT2D eigenvalue weighted by Gasteiger charge is 2.59. The first-order valence-corrected chi connectivity index (χ1v) is 9.98. The molecule has 0 saturated carbocycles. The summed E-state index contributed by atoms with van der Waals surface area (Å²) in [5.41, 5.74) is 5.83. The third-order valence-corrected chi connectivity index (χ3v) is 4.94. The molecule has 37 heavy (non-hydrogen) atoms. The normalized spacial score (nSPS) is 22.2. The van der Waals surface area contributed by atoms with E-state index in [1.807, 2.05) is 0 Å². The second-order valence-electron chi connectivity index (χ2n) is 7.93. The Labute approximate surface area is 203 Å². The summed E-state index contributed by atoms with van der Waals surface area (Å²) >= 11 is 0. The molecule has 0 spiro atoms. The third-order valence-electron chi connectivity index (χ3n) is 4.94. The monoisotopic (exact) mass is 541 g/mol. The maximum absolute atomic E-state index is 14.6. The second-order valence-corrected chi connectivity index (χ2v) is 7.93. The quantitative estimate of drug-likeness (QED) is 0.484. The van der Waals surface area contributed by atoms with E-state index in [0.717, 1.165) is 18.3 Å². The number of rotatable bonds is 5. The number of nitrogens with zero attached hydrogens (tertiary/aromatic N) is 4. The zero-order chi connectivity index (χ0) is 27.8. The van der Waals surface area contributed by atoms with Crippen molar-refractivity contribution in [3.63, 3.8) is 0 Å². The first-order chi connectivity index (χ1) is 16.9. The highest BCUT2D eigenvalue weighted by Crippen LogP contribution is 2.41. The van der Waals surface area contributed by atoms with Crippen molar-refractivity contribution in [2.45, 2.75) is 37.3 Å². The molecule has 2 aromatic heterocycles. The van der Waals surface area contributed by atoms with Crippen molar-refractivity contribution in [1.29, 1.82) is 0 Å². The number of aromatic nitrogens is 3. The molecule has 0 bridgehead atoms. The van der Waals surface area contributed by atoms with Gasteiger partial charge in [0, 0.05) is 0 Å². The maximum atomic E-state index is 14.6. The van der Waals surface area contributed by atoms with Crippen LogP contribution in [0.3, 0.4) is 0 Å². The van der Waals surface area contributed by atoms with Crippen LogP contribution in [-0.4, -0.2) is 58.0 Å². The molecule has 0 saturated heterocycles. The minimum absolute atomic E-state index is 0.322. The number of amides is 1. The lowest BCUT2D eigenvalue weighted by Crippen LogP contribution is -2.60. The van der Waals surface area contributed by atoms with Crippen LogP contribution in [0.25, 0.3) is 0 Å². The summed E-state index contributed by atoms with van der Waals surface area (Å²) in [6.07, 6.45) is -10.1. The fraction of sp³-hybridized carbons (Fsp3) is 0.421. The van der Waals surface area contributed by atoms with Crippen LogP contribution in [0.4, 0.5) is 47.2 Å². The first kappa shape index (κ1) is 27.6. The minimum Gasteiger partial charge on any atom is -0.467 e. The molecule has 2 aromatic rings. The van der Waals surface area contributed by atoms with Crippen molar-refractivity contribution in [2.75, 3.05) is 24.3 Å². The number of pyridine rings is 1. The molecule has 18 heteroatoms. The van der Waals surface area contributed by atoms with Gasteiger partial charge in [-0.2, -0.15) is 31.3 Å². The lowest BCUT2D eigenvalue weighted by Gasteiger charge is -2.40. The lowest BCUT2D eigenvalue weighted by atomic mass is 9.93. The van der Waals surface area contributed by atoms with Gasteiger partial charge in [0.25, 0.3) is 5.88 Å². The molecular weight excluding hydrogens is 523 g/mol. The molecule has 11 nitrogen and oxygen atoms in total. The zero-order valence-electron chi connectivity index (χ0n) is 18.9. The molecule has 3 heterocycles. The number of aliphatic imine (C=N–C) groups is 1. The molecule has 202 valence electrons. The minimum atomic E-state index is -4.89. The van der Waals surface area contributed by atoms with Gasteiger partial charge in [0.05, 0.1) is 12.8 Å². The van der Waals surface area contributed by atoms with Crippen LogP contribution in [0.5, 0.6) is 11.8 Å². The highest BCUT2D eigenvalue weighted by atomic mass is 19.4. The molecule has 0 unspecified atom stereocenters. The summed E-state index contributed by atoms with van der Waals surface area (Å²) < 4.78 is 105. The van der Waals surface area contributed by atoms with Crippen LogP contribution in [0, 0.1) is 5.82 Å². The van der Waals surface area contributed by atoms with E-state index in [9.17, 15) is 35.5 Å². The van der Waals surface area contributed by atoms with Gasteiger partial charge in [-0.15, -0.1) is 0 Å². The van der Waals surface area contributed by atoms with Gasteiger partial charge in [-0.1, -0.05) is 0 Å². The molecule has 1 amide bonds. The van der Waals surface area contributed by atoms with Crippen molar-refractivity contribution >= 4 is 23.6 Å². The molecule has 0 aromatic carbocycles. The van der Waals surface area contributed by atoms with Crippen molar-refractivity contribution in [2.24, 2.45) is 10.7 Å². The number of ether oxygens (including phenoxy) is 3. The molecular formula is C19H18F7N7O4. The van der Waals surface area contributed by atoms with E-state index in [2.05, 4.69) is 30.0 Å². The van der Waals surface area contributed by atoms with Crippen molar-refractivity contribution in [3.8, 4) is 11.8 Å². The fourth-order valence-corrected chi connectivity index (χ4v) is 2.90. The van der Waals surface area contributed by atoms with Gasteiger partial charge in [0.15, 0.2) is 12.4 Å². The van der Waals surface area contributed by atoms with Gasteiger partial charge in [0.1, 0.15) is 28.7 Å². The van der Waals surface area contributed by atoms with Crippen LogP contribution in [0.1, 0.15) is 19.5 Å². The van der Waals surface area contributed by atoms with E-state index in [1.165, 1.54) is 6.92 Å². The predicted octanol–water partition coefficient (Wildman–Crippen LogP) is 3.07. The molecule has 2 atom stereocenters. The summed E-state index contributed by atoms with van der Waals surface area (Å²) in [4.78, 5) is 26.9. The molecule has 5 N–H and O–H groups in total. The number of hydrogen-bond donors (Lipinski definition) is 3. The van der Waals surface area contributed by atoms with E-state index in [4.69, 9.17) is 20.9 Å². The van der Waals surface area contributed by atoms with E-state index in [0.29, 0.717) is 6.92 Å². The van der Waals surface area contributed by atoms with E-state index in [1.54, 1.807) is 0 Å². The van der Waals surface area contributed by atoms with Gasteiger partial charge >= 0.3 is 18.4 Å². The number of nitrogen functional groups attached to an aromatic ring is 1. The van der Waals surface area contributed by atoms with Crippen LogP contribution in [0.2, 0.25) is 0 Å². The standard InChI is InChI=1S/C19H18F7N7O4/c1-16(6-36-17(2,14(28)33-16)19(24,25)26)11-8(20)3-4-9(30-11)31-15(34)37-13-12(27)32-10(5-29-13)35-7-18(21,22)23/h3-5H,6-7H2,1-2H3,(H2,27,32)(H2,28,33)(H,30,31,34)/t16-,17+/m0/s1. The van der Waals surface area contributed by atoms with Gasteiger partial charge in [-0.25, -0.2) is 19.2 Å². The number of amidine groups is 1. The largest absolute Gasteiger partial charge is 0.467 e. The number of nitrogens with one attached hydrogen (secondary N) is 1. The molecule has 0 aliphatic carbocycles. The average molecular weight is 541 g/mol. The van der Waals surface area contributed by atoms with Crippen LogP contribution < -0.4 is 26.3 Å². The molecule has 0 fully saturated rings. The molecule has 0 radical (unpaired) electrons. The van der Waals surface area contributed by atoms with Gasteiger partial charge < -0.3 is 25.7 Å². The summed E-state index contributed by atoms with van der Waals surface area (Å²) in [6, 6.07) is 1.86. The van der Waals surface area contributed by atoms with Gasteiger partial charge in [-0.05, 0) is 26.0 Å². The number of carbonyl (C=O) groups is 1. The smallest absolute Gasteiger partial charge is 0.424 e. The summed E-state index contributed by atoms with van der Waals surface area (Å²) in [5.74, 6) is -4.04. The Morgan fingerprint density at radius 1 is 1.16 bits per heavy atom. The Morgan fingerprint density at radius 2 is 1.84 bits per heavy atom. The summed E-state index contributed by atoms with van der Waals surface area (Å²) in [5, 5.41) is 2.11. The summed E-state index contributed by atoms with van der Waals surface area (Å²) in [6.45, 7) is -0.513. The van der Waals surface area contributed by atoms with E-state index >= 15 is 0 Å². The number of anilines is 2. The predicted molar refractivity (Wildman–Crippen MR) is 111 cm³/mol. The third kappa shape index (κ3) is 6.07. The maximum Gasteiger partial charge on any atom is 0.424 e. The topological polar surface area (TPSA) is 160 Å². The number of halogens is 7. The van der Waals surface area contributed by atoms with Crippen molar-refractivity contribution in [1.82, 2.24) is 15.0 Å². The van der Waals surface area contributed by atoms with Crippen molar-refractivity contribution in [3.05, 3.63) is 29.8 Å². The Bertz CT molecular complexity index is 1220. The zero-order valence-corrected chi connectivity index (χ0v) is 18.9. The first-order valence-electron chi connectivity index (χ1n) is 9.98. The summed E-state index contributed by atoms with van der Waals surface area (Å²) in [7, 11) is 0. The SMILES string of the molecule is C[C@@]1(c2nc(NC(=O)Oc3ncc(OCC(F)(F)F)nc3N)ccc2F)CO[C@@](C)(C(F)(F)F)C(N)=N1. The number of nitrogens with two attached hydrogens (primary N) is 2. The molecule has 1 aliphatic heterocycles. The number of hydrogen-bond acceptors (Lipinski definition) is 10. The van der Waals surface area contributed by atoms with Gasteiger partial charge in [0.2, 0.25) is 11.5 Å². The van der Waals surface area contributed by atoms with E-state index in [-0.39, 0.29) is 5.82 Å². The molecule has 3 rings (SSSR count). The van der Waals surface area contributed by atoms with Crippen LogP contribution in [0.15, 0.2) is 23.3 Å². The van der Waals surface area contributed by atoms with E-state index < -0.39 is 77.7 Å². The Balaban J connectivity index is 1.76. The number of carbonyl (C=O) groups excluding carboxylic acids is 1. The Hall–Kier alpha value is -3.96. The van der Waals surface area contributed by atoms with Crippen molar-refractivity contribution < 1.29 is 49.7 Å². The lowest BCUT2D eigenvalue weighted by molar-refractivity contribution is -0.249. The fourth-order valence-electron chi connectivity index (χ4n) is 2.90. The Kier molecular flexibility index (Phi) is 7.08. The Morgan fingerprint density at radius 3 is 2.41 bits per heavy atom. The molecule has 1 aliphatic rings. The average Bonchev–Trinajstić information content (AvgIpc) is 2.77.